The smallest absolute Gasteiger partial charge is 0.256 e. The molecule has 6 nitrogen and oxygen atoms in total. The Labute approximate surface area is 154 Å². The van der Waals surface area contributed by atoms with Gasteiger partial charge in [-0.05, 0) is 31.1 Å². The van der Waals surface area contributed by atoms with Crippen LogP contribution in [0.25, 0.3) is 0 Å². The molecule has 0 aliphatic carbocycles. The van der Waals surface area contributed by atoms with Crippen LogP contribution in [-0.2, 0) is 21.4 Å². The number of benzene rings is 1. The highest BCUT2D eigenvalue weighted by Gasteiger charge is 2.28. The lowest BCUT2D eigenvalue weighted by Crippen LogP contribution is -2.41. The van der Waals surface area contributed by atoms with Crippen LogP contribution in [0.1, 0.15) is 25.8 Å². The van der Waals surface area contributed by atoms with Crippen LogP contribution in [0.15, 0.2) is 58.7 Å². The van der Waals surface area contributed by atoms with Crippen LogP contribution in [0.4, 0.5) is 0 Å². The standard InChI is InChI=1S/C19H23N3O3S/c1-3-15(2)22(13-16-7-5-4-6-8-16)19(23)17-9-10-18-20-26(24,25)12-11-21(18)14-17/h4-10,14-15H,3,11-13H2,1-2H3. The van der Waals surface area contributed by atoms with E-state index in [1.54, 1.807) is 23.3 Å². The fraction of sp³-hybridized carbons (Fsp3) is 0.368. The van der Waals surface area contributed by atoms with E-state index in [2.05, 4.69) is 11.3 Å². The molecule has 2 aliphatic heterocycles. The molecule has 1 unspecified atom stereocenters. The zero-order valence-corrected chi connectivity index (χ0v) is 15.8. The molecule has 0 fully saturated rings. The summed E-state index contributed by atoms with van der Waals surface area (Å²) in [6, 6.07) is 9.99. The van der Waals surface area contributed by atoms with Crippen LogP contribution in [-0.4, -0.2) is 48.3 Å². The third kappa shape index (κ3) is 4.04. The zero-order chi connectivity index (χ0) is 18.7. The normalized spacial score (nSPS) is 19.2. The van der Waals surface area contributed by atoms with Gasteiger partial charge < -0.3 is 9.80 Å². The molecule has 0 bridgehead atoms. The summed E-state index contributed by atoms with van der Waals surface area (Å²) in [5.41, 5.74) is 1.62. The average molecular weight is 373 g/mol. The molecule has 7 heteroatoms. The molecule has 0 N–H and O–H groups in total. The Morgan fingerprint density at radius 1 is 1.27 bits per heavy atom. The van der Waals surface area contributed by atoms with Crippen LogP contribution in [0.2, 0.25) is 0 Å². The summed E-state index contributed by atoms with van der Waals surface area (Å²) in [6.07, 6.45) is 5.81. The number of nitrogens with zero attached hydrogens (tertiary/aromatic N) is 3. The van der Waals surface area contributed by atoms with Crippen molar-refractivity contribution in [2.45, 2.75) is 32.9 Å². The first kappa shape index (κ1) is 18.4. The maximum atomic E-state index is 13.1. The summed E-state index contributed by atoms with van der Waals surface area (Å²) in [5, 5.41) is 0. The first-order chi connectivity index (χ1) is 12.4. The van der Waals surface area contributed by atoms with Crippen molar-refractivity contribution in [3.05, 3.63) is 59.8 Å². The predicted octanol–water partition coefficient (Wildman–Crippen LogP) is 2.31. The molecule has 1 atom stereocenters. The molecular weight excluding hydrogens is 350 g/mol. The van der Waals surface area contributed by atoms with Crippen LogP contribution in [0.3, 0.4) is 0 Å². The minimum Gasteiger partial charge on any atom is -0.332 e. The summed E-state index contributed by atoms with van der Waals surface area (Å²) in [5.74, 6) is 0.263. The number of hydrogen-bond donors (Lipinski definition) is 0. The third-order valence-corrected chi connectivity index (χ3v) is 5.81. The number of carbonyl (C=O) groups is 1. The molecule has 1 aromatic rings. The molecule has 0 spiro atoms. The molecule has 0 aromatic heterocycles. The van der Waals surface area contributed by atoms with Crippen LogP contribution < -0.4 is 0 Å². The van der Waals surface area contributed by atoms with Gasteiger partial charge in [0.05, 0.1) is 11.3 Å². The second-order valence-electron chi connectivity index (χ2n) is 6.52. The van der Waals surface area contributed by atoms with Gasteiger partial charge in [-0.25, -0.2) is 8.42 Å². The number of amidine groups is 1. The van der Waals surface area contributed by atoms with E-state index in [1.807, 2.05) is 42.2 Å². The van der Waals surface area contributed by atoms with E-state index in [1.165, 1.54) is 0 Å². The van der Waals surface area contributed by atoms with Gasteiger partial charge in [0.2, 0.25) is 0 Å². The Hall–Kier alpha value is -2.41. The lowest BCUT2D eigenvalue weighted by Gasteiger charge is -2.32. The summed E-state index contributed by atoms with van der Waals surface area (Å²) in [7, 11) is -3.39. The zero-order valence-electron chi connectivity index (χ0n) is 15.0. The fourth-order valence-electron chi connectivity index (χ4n) is 2.92. The molecule has 138 valence electrons. The molecule has 1 aromatic carbocycles. The van der Waals surface area contributed by atoms with Crippen LogP contribution in [0.5, 0.6) is 0 Å². The lowest BCUT2D eigenvalue weighted by molar-refractivity contribution is -0.129. The molecule has 26 heavy (non-hydrogen) atoms. The largest absolute Gasteiger partial charge is 0.332 e. The SMILES string of the molecule is CCC(C)N(Cc1ccccc1)C(=O)C1=CN2CCS(=O)(=O)N=C2C=C1. The van der Waals surface area contributed by atoms with Crippen molar-refractivity contribution >= 4 is 21.8 Å². The van der Waals surface area contributed by atoms with E-state index in [4.69, 9.17) is 0 Å². The summed E-state index contributed by atoms with van der Waals surface area (Å²) >= 11 is 0. The number of fused-ring (bicyclic) bond motifs is 1. The van der Waals surface area contributed by atoms with Crippen molar-refractivity contribution in [2.75, 3.05) is 12.3 Å². The van der Waals surface area contributed by atoms with Crippen molar-refractivity contribution in [2.24, 2.45) is 4.40 Å². The topological polar surface area (TPSA) is 70.1 Å². The average Bonchev–Trinajstić information content (AvgIpc) is 2.64. The molecule has 0 saturated heterocycles. The van der Waals surface area contributed by atoms with E-state index >= 15 is 0 Å². The van der Waals surface area contributed by atoms with Gasteiger partial charge in [0.25, 0.3) is 15.9 Å². The molecule has 2 heterocycles. The molecule has 0 radical (unpaired) electrons. The van der Waals surface area contributed by atoms with Gasteiger partial charge >= 0.3 is 0 Å². The van der Waals surface area contributed by atoms with Crippen LogP contribution in [0, 0.1) is 0 Å². The fourth-order valence-corrected chi connectivity index (χ4v) is 3.89. The van der Waals surface area contributed by atoms with Gasteiger partial charge in [-0.15, -0.1) is 4.40 Å². The summed E-state index contributed by atoms with van der Waals surface area (Å²) < 4.78 is 27.0. The Morgan fingerprint density at radius 2 is 2.00 bits per heavy atom. The monoisotopic (exact) mass is 373 g/mol. The summed E-state index contributed by atoms with van der Waals surface area (Å²) in [6.45, 7) is 4.94. The minimum atomic E-state index is -3.39. The van der Waals surface area contributed by atoms with Crippen molar-refractivity contribution in [3.63, 3.8) is 0 Å². The Morgan fingerprint density at radius 3 is 2.69 bits per heavy atom. The number of rotatable bonds is 5. The van der Waals surface area contributed by atoms with Crippen molar-refractivity contribution < 1.29 is 13.2 Å². The van der Waals surface area contributed by atoms with E-state index in [9.17, 15) is 13.2 Å². The van der Waals surface area contributed by atoms with E-state index < -0.39 is 10.0 Å². The third-order valence-electron chi connectivity index (χ3n) is 4.65. The van der Waals surface area contributed by atoms with Gasteiger partial charge in [-0.2, -0.15) is 0 Å². The number of amides is 1. The maximum absolute atomic E-state index is 13.1. The van der Waals surface area contributed by atoms with Crippen molar-refractivity contribution in [1.29, 1.82) is 0 Å². The number of hydrogen-bond acceptors (Lipinski definition) is 4. The highest BCUT2D eigenvalue weighted by Crippen LogP contribution is 2.20. The minimum absolute atomic E-state index is 0.0403. The quantitative estimate of drug-likeness (QED) is 0.794. The second kappa shape index (κ2) is 7.45. The van der Waals surface area contributed by atoms with E-state index in [-0.39, 0.29) is 17.7 Å². The predicted molar refractivity (Wildman–Crippen MR) is 102 cm³/mol. The second-order valence-corrected chi connectivity index (χ2v) is 8.28. The molecule has 2 aliphatic rings. The first-order valence-corrected chi connectivity index (χ1v) is 10.3. The van der Waals surface area contributed by atoms with Gasteiger partial charge in [0.1, 0.15) is 5.84 Å². The van der Waals surface area contributed by atoms with Crippen molar-refractivity contribution in [3.8, 4) is 0 Å². The Balaban J connectivity index is 1.84. The van der Waals surface area contributed by atoms with E-state index in [0.29, 0.717) is 24.5 Å². The van der Waals surface area contributed by atoms with Crippen molar-refractivity contribution in [1.82, 2.24) is 9.80 Å². The number of carbonyl (C=O) groups excluding carboxylic acids is 1. The first-order valence-electron chi connectivity index (χ1n) is 8.73. The Kier molecular flexibility index (Phi) is 5.27. The Bertz CT molecular complexity index is 873. The molecule has 0 saturated carbocycles. The van der Waals surface area contributed by atoms with Gasteiger partial charge in [-0.3, -0.25) is 4.79 Å². The number of sulfonamides is 1. The molecule has 3 rings (SSSR count). The van der Waals surface area contributed by atoms with Crippen LogP contribution >= 0.6 is 0 Å². The highest BCUT2D eigenvalue weighted by atomic mass is 32.2. The molecular formula is C19H23N3O3S. The van der Waals surface area contributed by atoms with Gasteiger partial charge in [0.15, 0.2) is 0 Å². The van der Waals surface area contributed by atoms with Gasteiger partial charge in [-0.1, -0.05) is 37.3 Å². The lowest BCUT2D eigenvalue weighted by atomic mass is 10.1. The highest BCUT2D eigenvalue weighted by molar-refractivity contribution is 7.90. The van der Waals surface area contributed by atoms with Gasteiger partial charge in [0, 0.05) is 25.3 Å². The summed E-state index contributed by atoms with van der Waals surface area (Å²) in [4.78, 5) is 16.7. The molecule has 1 amide bonds. The maximum Gasteiger partial charge on any atom is 0.256 e. The van der Waals surface area contributed by atoms with E-state index in [0.717, 1.165) is 12.0 Å².